The van der Waals surface area contributed by atoms with Gasteiger partial charge in [0.25, 0.3) is 0 Å². The first-order valence-corrected chi connectivity index (χ1v) is 6.91. The first-order chi connectivity index (χ1) is 8.59. The fraction of sp³-hybridized carbons (Fsp3) is 0.923. The highest BCUT2D eigenvalue weighted by Gasteiger charge is 2.34. The van der Waals surface area contributed by atoms with Gasteiger partial charge >= 0.3 is 0 Å². The number of amides is 1. The third-order valence-corrected chi connectivity index (χ3v) is 3.42. The molecule has 5 nitrogen and oxygen atoms in total. The fourth-order valence-electron chi connectivity index (χ4n) is 2.10. The molecule has 0 aromatic carbocycles. The molecular weight excluding hydrogens is 230 g/mol. The lowest BCUT2D eigenvalue weighted by Gasteiger charge is -2.39. The van der Waals surface area contributed by atoms with Gasteiger partial charge in [0.05, 0.1) is 5.54 Å². The van der Waals surface area contributed by atoms with E-state index in [4.69, 9.17) is 4.74 Å². The number of ether oxygens (including phenoxy) is 1. The van der Waals surface area contributed by atoms with E-state index in [1.807, 2.05) is 20.8 Å². The number of carbonyl (C=O) groups is 1. The summed E-state index contributed by atoms with van der Waals surface area (Å²) < 4.78 is 5.25. The minimum Gasteiger partial charge on any atom is -0.382 e. The van der Waals surface area contributed by atoms with Crippen LogP contribution in [0.1, 0.15) is 27.2 Å². The number of rotatable bonds is 7. The Kier molecular flexibility index (Phi) is 6.60. The van der Waals surface area contributed by atoms with Crippen LogP contribution >= 0.6 is 0 Å². The van der Waals surface area contributed by atoms with Crippen molar-refractivity contribution in [2.24, 2.45) is 0 Å². The van der Waals surface area contributed by atoms with Crippen LogP contribution in [0, 0.1) is 0 Å². The topological polar surface area (TPSA) is 53.6 Å². The zero-order valence-electron chi connectivity index (χ0n) is 11.9. The highest BCUT2D eigenvalue weighted by atomic mass is 16.5. The lowest BCUT2D eigenvalue weighted by atomic mass is 10.0. The SMILES string of the molecule is CCOCCCNC(=O)C(C)(C)N1CCNCC1. The van der Waals surface area contributed by atoms with Crippen LogP contribution in [-0.2, 0) is 9.53 Å². The number of hydrogen-bond donors (Lipinski definition) is 2. The van der Waals surface area contributed by atoms with Gasteiger partial charge in [-0.1, -0.05) is 0 Å². The number of nitrogens with one attached hydrogen (secondary N) is 2. The Labute approximate surface area is 110 Å². The van der Waals surface area contributed by atoms with Gasteiger partial charge in [0.15, 0.2) is 0 Å². The van der Waals surface area contributed by atoms with Crippen LogP contribution in [0.4, 0.5) is 0 Å². The molecule has 5 heteroatoms. The van der Waals surface area contributed by atoms with Crippen molar-refractivity contribution in [3.8, 4) is 0 Å². The normalized spacial score (nSPS) is 17.7. The zero-order chi connectivity index (χ0) is 13.4. The molecule has 1 rings (SSSR count). The second kappa shape index (κ2) is 7.71. The summed E-state index contributed by atoms with van der Waals surface area (Å²) >= 11 is 0. The van der Waals surface area contributed by atoms with E-state index in [0.717, 1.165) is 39.2 Å². The smallest absolute Gasteiger partial charge is 0.239 e. The van der Waals surface area contributed by atoms with Crippen molar-refractivity contribution < 1.29 is 9.53 Å². The van der Waals surface area contributed by atoms with Gasteiger partial charge in [-0.25, -0.2) is 0 Å². The number of hydrogen-bond acceptors (Lipinski definition) is 4. The largest absolute Gasteiger partial charge is 0.382 e. The maximum absolute atomic E-state index is 12.2. The summed E-state index contributed by atoms with van der Waals surface area (Å²) in [5.41, 5.74) is -0.423. The highest BCUT2D eigenvalue weighted by molar-refractivity contribution is 5.85. The van der Waals surface area contributed by atoms with Crippen LogP contribution in [0.15, 0.2) is 0 Å². The Morgan fingerprint density at radius 2 is 2.06 bits per heavy atom. The number of nitrogens with zero attached hydrogens (tertiary/aromatic N) is 1. The molecular formula is C13H27N3O2. The van der Waals surface area contributed by atoms with Crippen LogP contribution < -0.4 is 10.6 Å². The average molecular weight is 257 g/mol. The third kappa shape index (κ3) is 4.55. The molecule has 0 radical (unpaired) electrons. The Hall–Kier alpha value is -0.650. The van der Waals surface area contributed by atoms with Crippen molar-refractivity contribution in [3.63, 3.8) is 0 Å². The van der Waals surface area contributed by atoms with E-state index in [9.17, 15) is 4.79 Å². The Morgan fingerprint density at radius 1 is 1.39 bits per heavy atom. The lowest BCUT2D eigenvalue weighted by molar-refractivity contribution is -0.132. The first kappa shape index (κ1) is 15.4. The molecule has 0 aromatic heterocycles. The second-order valence-electron chi connectivity index (χ2n) is 5.10. The molecule has 18 heavy (non-hydrogen) atoms. The number of piperazine rings is 1. The lowest BCUT2D eigenvalue weighted by Crippen LogP contribution is -2.60. The maximum atomic E-state index is 12.2. The standard InChI is InChI=1S/C13H27N3O2/c1-4-18-11-5-6-15-12(17)13(2,3)16-9-7-14-8-10-16/h14H,4-11H2,1-3H3,(H,15,17). The van der Waals surface area contributed by atoms with Crippen molar-refractivity contribution in [2.75, 3.05) is 45.9 Å². The molecule has 2 N–H and O–H groups in total. The van der Waals surface area contributed by atoms with E-state index in [0.29, 0.717) is 13.2 Å². The van der Waals surface area contributed by atoms with E-state index < -0.39 is 5.54 Å². The molecule has 1 heterocycles. The molecule has 0 aromatic rings. The minimum absolute atomic E-state index is 0.112. The molecule has 1 saturated heterocycles. The van der Waals surface area contributed by atoms with Crippen LogP contribution in [-0.4, -0.2) is 62.3 Å². The molecule has 1 aliphatic heterocycles. The summed E-state index contributed by atoms with van der Waals surface area (Å²) in [6.07, 6.45) is 0.872. The van der Waals surface area contributed by atoms with E-state index in [1.165, 1.54) is 0 Å². The zero-order valence-corrected chi connectivity index (χ0v) is 11.9. The monoisotopic (exact) mass is 257 g/mol. The highest BCUT2D eigenvalue weighted by Crippen LogP contribution is 2.15. The molecule has 0 saturated carbocycles. The molecule has 0 unspecified atom stereocenters. The molecule has 106 valence electrons. The quantitative estimate of drug-likeness (QED) is 0.640. The van der Waals surface area contributed by atoms with Gasteiger partial charge in [0.1, 0.15) is 0 Å². The van der Waals surface area contributed by atoms with Crippen LogP contribution in [0.3, 0.4) is 0 Å². The average Bonchev–Trinajstić information content (AvgIpc) is 2.39. The summed E-state index contributed by atoms with van der Waals surface area (Å²) in [5.74, 6) is 0.112. The fourth-order valence-corrected chi connectivity index (χ4v) is 2.10. The first-order valence-electron chi connectivity index (χ1n) is 6.91. The van der Waals surface area contributed by atoms with Gasteiger partial charge < -0.3 is 15.4 Å². The van der Waals surface area contributed by atoms with Gasteiger partial charge in [0.2, 0.25) is 5.91 Å². The van der Waals surface area contributed by atoms with Crippen molar-refractivity contribution in [1.29, 1.82) is 0 Å². The minimum atomic E-state index is -0.423. The third-order valence-electron chi connectivity index (χ3n) is 3.42. The van der Waals surface area contributed by atoms with Gasteiger partial charge in [-0.15, -0.1) is 0 Å². The summed E-state index contributed by atoms with van der Waals surface area (Å²) in [7, 11) is 0. The van der Waals surface area contributed by atoms with Gasteiger partial charge in [-0.3, -0.25) is 9.69 Å². The molecule has 0 atom stereocenters. The van der Waals surface area contributed by atoms with Crippen LogP contribution in [0.25, 0.3) is 0 Å². The molecule has 1 fully saturated rings. The Bertz CT molecular complexity index is 251. The Balaban J connectivity index is 2.29. The maximum Gasteiger partial charge on any atom is 0.239 e. The molecule has 0 spiro atoms. The predicted octanol–water partition coefficient (Wildman–Crippen LogP) is 0.213. The number of carbonyl (C=O) groups excluding carboxylic acids is 1. The molecule has 1 aliphatic rings. The van der Waals surface area contributed by atoms with E-state index in [1.54, 1.807) is 0 Å². The van der Waals surface area contributed by atoms with Crippen molar-refractivity contribution in [2.45, 2.75) is 32.7 Å². The van der Waals surface area contributed by atoms with E-state index in [2.05, 4.69) is 15.5 Å². The molecule has 0 aliphatic carbocycles. The van der Waals surface area contributed by atoms with E-state index >= 15 is 0 Å². The molecule has 0 bridgehead atoms. The van der Waals surface area contributed by atoms with Crippen molar-refractivity contribution in [1.82, 2.24) is 15.5 Å². The summed E-state index contributed by atoms with van der Waals surface area (Å²) in [5, 5.41) is 6.30. The van der Waals surface area contributed by atoms with Gasteiger partial charge in [0, 0.05) is 45.9 Å². The van der Waals surface area contributed by atoms with Gasteiger partial charge in [-0.05, 0) is 27.2 Å². The van der Waals surface area contributed by atoms with Crippen molar-refractivity contribution >= 4 is 5.91 Å². The summed E-state index contributed by atoms with van der Waals surface area (Å²) in [4.78, 5) is 14.4. The van der Waals surface area contributed by atoms with Crippen LogP contribution in [0.2, 0.25) is 0 Å². The Morgan fingerprint density at radius 3 is 2.67 bits per heavy atom. The molecule has 1 amide bonds. The van der Waals surface area contributed by atoms with E-state index in [-0.39, 0.29) is 5.91 Å². The predicted molar refractivity (Wildman–Crippen MR) is 72.6 cm³/mol. The van der Waals surface area contributed by atoms with Crippen molar-refractivity contribution in [3.05, 3.63) is 0 Å². The van der Waals surface area contributed by atoms with Crippen LogP contribution in [0.5, 0.6) is 0 Å². The second-order valence-corrected chi connectivity index (χ2v) is 5.10. The summed E-state index contributed by atoms with van der Waals surface area (Å²) in [6, 6.07) is 0. The summed E-state index contributed by atoms with van der Waals surface area (Å²) in [6.45, 7) is 11.9. The van der Waals surface area contributed by atoms with Gasteiger partial charge in [-0.2, -0.15) is 0 Å².